The number of carbonyl (C=O) groups is 1. The van der Waals surface area contributed by atoms with Crippen LogP contribution >= 0.6 is 0 Å². The Morgan fingerprint density at radius 1 is 1.00 bits per heavy atom. The molecule has 8 nitrogen and oxygen atoms in total. The van der Waals surface area contributed by atoms with Gasteiger partial charge in [0.1, 0.15) is 0 Å². The Morgan fingerprint density at radius 3 is 2.43 bits per heavy atom. The molecule has 0 aromatic heterocycles. The van der Waals surface area contributed by atoms with Gasteiger partial charge in [0.05, 0.1) is 24.2 Å². The maximum absolute atomic E-state index is 13.1. The molecule has 2 N–H and O–H groups in total. The molecule has 28 heavy (non-hydrogen) atoms. The minimum atomic E-state index is -3.60. The zero-order valence-corrected chi connectivity index (χ0v) is 16.7. The minimum Gasteiger partial charge on any atom is -0.490 e. The van der Waals surface area contributed by atoms with E-state index in [1.165, 1.54) is 4.31 Å². The zero-order chi connectivity index (χ0) is 19.7. The van der Waals surface area contributed by atoms with E-state index >= 15 is 0 Å². The van der Waals surface area contributed by atoms with Crippen LogP contribution in [0.3, 0.4) is 0 Å². The first-order chi connectivity index (χ1) is 13.5. The highest BCUT2D eigenvalue weighted by Crippen LogP contribution is 2.34. The third kappa shape index (κ3) is 3.70. The first-order valence-corrected chi connectivity index (χ1v) is 11.4. The first kappa shape index (κ1) is 19.5. The molecule has 3 heterocycles. The second-order valence-electron chi connectivity index (χ2n) is 7.59. The number of hydrogen-bond acceptors (Lipinski definition) is 6. The molecule has 0 bridgehead atoms. The summed E-state index contributed by atoms with van der Waals surface area (Å²) in [6.45, 7) is 2.80. The van der Waals surface area contributed by atoms with Gasteiger partial charge >= 0.3 is 0 Å². The fraction of sp³-hybridized carbons (Fsp3) is 0.632. The molecule has 1 aromatic rings. The summed E-state index contributed by atoms with van der Waals surface area (Å²) in [6.07, 6.45) is 3.93. The number of piperidine rings is 1. The van der Waals surface area contributed by atoms with Crippen LogP contribution in [0.5, 0.6) is 11.5 Å². The topological polar surface area (TPSA) is 102 Å². The third-order valence-corrected chi connectivity index (χ3v) is 7.77. The minimum absolute atomic E-state index is 0.204. The quantitative estimate of drug-likeness (QED) is 0.794. The summed E-state index contributed by atoms with van der Waals surface area (Å²) in [6, 6.07) is 4.80. The summed E-state index contributed by atoms with van der Waals surface area (Å²) < 4.78 is 38.9. The van der Waals surface area contributed by atoms with Gasteiger partial charge in [-0.2, -0.15) is 4.31 Å². The van der Waals surface area contributed by atoms with Gasteiger partial charge in [-0.25, -0.2) is 8.42 Å². The van der Waals surface area contributed by atoms with Gasteiger partial charge < -0.3 is 15.2 Å². The van der Waals surface area contributed by atoms with Crippen molar-refractivity contribution in [2.24, 2.45) is 5.73 Å². The molecule has 2 saturated heterocycles. The number of carbonyl (C=O) groups excluding carboxylic acids is 1. The van der Waals surface area contributed by atoms with E-state index in [2.05, 4.69) is 4.90 Å². The van der Waals surface area contributed by atoms with Gasteiger partial charge in [0.2, 0.25) is 15.9 Å². The van der Waals surface area contributed by atoms with Gasteiger partial charge in [-0.05, 0) is 44.4 Å². The van der Waals surface area contributed by atoms with Crippen LogP contribution in [-0.2, 0) is 14.8 Å². The molecular weight excluding hydrogens is 382 g/mol. The Hall–Kier alpha value is -1.84. The van der Waals surface area contributed by atoms with Crippen LogP contribution in [0.4, 0.5) is 0 Å². The van der Waals surface area contributed by atoms with Crippen LogP contribution in [0, 0.1) is 0 Å². The van der Waals surface area contributed by atoms with Crippen molar-refractivity contribution < 1.29 is 22.7 Å². The molecule has 3 aliphatic rings. The van der Waals surface area contributed by atoms with Crippen molar-refractivity contribution in [3.05, 3.63) is 18.2 Å². The number of primary amides is 1. The van der Waals surface area contributed by atoms with Gasteiger partial charge in [-0.15, -0.1) is 0 Å². The maximum Gasteiger partial charge on any atom is 0.243 e. The molecule has 2 fully saturated rings. The predicted molar refractivity (Wildman–Crippen MR) is 103 cm³/mol. The number of rotatable bonds is 4. The SMILES string of the molecule is NC(=O)C1CCCN1C1CCN(S(=O)(=O)c2ccc3c(c2)OCCCO3)CC1. The number of hydrogen-bond donors (Lipinski definition) is 1. The average molecular weight is 410 g/mol. The summed E-state index contributed by atoms with van der Waals surface area (Å²) in [5.74, 6) is 0.788. The lowest BCUT2D eigenvalue weighted by molar-refractivity contribution is -0.123. The fourth-order valence-corrected chi connectivity index (χ4v) is 5.88. The smallest absolute Gasteiger partial charge is 0.243 e. The van der Waals surface area contributed by atoms with Crippen molar-refractivity contribution in [2.75, 3.05) is 32.8 Å². The number of nitrogens with two attached hydrogens (primary N) is 1. The molecule has 1 unspecified atom stereocenters. The lowest BCUT2D eigenvalue weighted by Gasteiger charge is -2.38. The molecule has 0 spiro atoms. The first-order valence-electron chi connectivity index (χ1n) is 9.91. The molecule has 1 aromatic carbocycles. The summed E-state index contributed by atoms with van der Waals surface area (Å²) in [5, 5.41) is 0. The van der Waals surface area contributed by atoms with Crippen molar-refractivity contribution in [2.45, 2.75) is 49.1 Å². The van der Waals surface area contributed by atoms with Gasteiger partial charge in [-0.1, -0.05) is 0 Å². The third-order valence-electron chi connectivity index (χ3n) is 5.87. The molecule has 1 amide bonds. The second-order valence-corrected chi connectivity index (χ2v) is 9.53. The number of fused-ring (bicyclic) bond motifs is 1. The van der Waals surface area contributed by atoms with Crippen LogP contribution in [-0.4, -0.2) is 68.5 Å². The lowest BCUT2D eigenvalue weighted by Crippen LogP contribution is -2.51. The molecule has 3 aliphatic heterocycles. The highest BCUT2D eigenvalue weighted by molar-refractivity contribution is 7.89. The summed E-state index contributed by atoms with van der Waals surface area (Å²) in [4.78, 5) is 14.1. The predicted octanol–water partition coefficient (Wildman–Crippen LogP) is 0.951. The summed E-state index contributed by atoms with van der Waals surface area (Å²) in [7, 11) is -3.60. The number of nitrogens with zero attached hydrogens (tertiary/aromatic N) is 2. The molecule has 154 valence electrons. The van der Waals surface area contributed by atoms with Crippen LogP contribution in [0.25, 0.3) is 0 Å². The van der Waals surface area contributed by atoms with Crippen LogP contribution in [0.15, 0.2) is 23.1 Å². The molecule has 0 aliphatic carbocycles. The van der Waals surface area contributed by atoms with E-state index in [-0.39, 0.29) is 22.9 Å². The Morgan fingerprint density at radius 2 is 1.71 bits per heavy atom. The Kier molecular flexibility index (Phi) is 5.48. The molecule has 1 atom stereocenters. The Bertz CT molecular complexity index is 836. The van der Waals surface area contributed by atoms with Gasteiger partial charge in [-0.3, -0.25) is 9.69 Å². The fourth-order valence-electron chi connectivity index (χ4n) is 4.40. The largest absolute Gasteiger partial charge is 0.490 e. The van der Waals surface area contributed by atoms with E-state index in [1.54, 1.807) is 18.2 Å². The number of amides is 1. The van der Waals surface area contributed by atoms with E-state index in [0.29, 0.717) is 50.6 Å². The summed E-state index contributed by atoms with van der Waals surface area (Å²) >= 11 is 0. The number of ether oxygens (including phenoxy) is 2. The average Bonchev–Trinajstić information content (AvgIpc) is 3.07. The molecular formula is C19H27N3O5S. The molecule has 9 heteroatoms. The Labute approximate surface area is 165 Å². The highest BCUT2D eigenvalue weighted by atomic mass is 32.2. The van der Waals surface area contributed by atoms with Gasteiger partial charge in [0, 0.05) is 31.6 Å². The van der Waals surface area contributed by atoms with Crippen LogP contribution in [0.1, 0.15) is 32.1 Å². The monoisotopic (exact) mass is 409 g/mol. The second kappa shape index (κ2) is 7.88. The normalized spacial score (nSPS) is 24.8. The zero-order valence-electron chi connectivity index (χ0n) is 15.9. The lowest BCUT2D eigenvalue weighted by atomic mass is 10.0. The van der Waals surface area contributed by atoms with E-state index in [4.69, 9.17) is 15.2 Å². The van der Waals surface area contributed by atoms with Crippen LogP contribution < -0.4 is 15.2 Å². The summed E-state index contributed by atoms with van der Waals surface area (Å²) in [5.41, 5.74) is 5.53. The van der Waals surface area contributed by atoms with Gasteiger partial charge in [0.15, 0.2) is 11.5 Å². The van der Waals surface area contributed by atoms with E-state index in [1.807, 2.05) is 0 Å². The van der Waals surface area contributed by atoms with E-state index in [0.717, 1.165) is 25.8 Å². The highest BCUT2D eigenvalue weighted by Gasteiger charge is 2.38. The van der Waals surface area contributed by atoms with Crippen molar-refractivity contribution >= 4 is 15.9 Å². The molecule has 0 radical (unpaired) electrons. The molecule has 0 saturated carbocycles. The van der Waals surface area contributed by atoms with Crippen LogP contribution in [0.2, 0.25) is 0 Å². The standard InChI is InChI=1S/C19H27N3O5S/c20-19(23)16-3-1-8-22(16)14-6-9-21(10-7-14)28(24,25)15-4-5-17-18(13-15)27-12-2-11-26-17/h4-5,13-14,16H,1-3,6-12H2,(H2,20,23). The molecule has 4 rings (SSSR count). The van der Waals surface area contributed by atoms with Crippen molar-refractivity contribution in [3.63, 3.8) is 0 Å². The number of benzene rings is 1. The van der Waals surface area contributed by atoms with E-state index < -0.39 is 10.0 Å². The number of likely N-dealkylation sites (tertiary alicyclic amines) is 1. The Balaban J connectivity index is 1.45. The van der Waals surface area contributed by atoms with Gasteiger partial charge in [0.25, 0.3) is 0 Å². The maximum atomic E-state index is 13.1. The van der Waals surface area contributed by atoms with Crippen molar-refractivity contribution in [3.8, 4) is 11.5 Å². The van der Waals surface area contributed by atoms with E-state index in [9.17, 15) is 13.2 Å². The number of sulfonamides is 1. The van der Waals surface area contributed by atoms with Crippen molar-refractivity contribution in [1.29, 1.82) is 0 Å². The van der Waals surface area contributed by atoms with Crippen molar-refractivity contribution in [1.82, 2.24) is 9.21 Å².